The second-order valence-corrected chi connectivity index (χ2v) is 7.54. The van der Waals surface area contributed by atoms with E-state index in [2.05, 4.69) is 22.0 Å². The highest BCUT2D eigenvalue weighted by Gasteiger charge is 2.34. The Hall–Kier alpha value is -2.43. The van der Waals surface area contributed by atoms with E-state index in [4.69, 9.17) is 11.6 Å². The van der Waals surface area contributed by atoms with E-state index in [0.29, 0.717) is 18.1 Å². The van der Waals surface area contributed by atoms with Gasteiger partial charge >= 0.3 is 0 Å². The first kappa shape index (κ1) is 18.0. The summed E-state index contributed by atoms with van der Waals surface area (Å²) in [5, 5.41) is 1.72. The van der Waals surface area contributed by atoms with E-state index in [-0.39, 0.29) is 11.9 Å². The Kier molecular flexibility index (Phi) is 5.10. The molecule has 2 aromatic carbocycles. The number of fused-ring (bicyclic) bond motifs is 1. The van der Waals surface area contributed by atoms with Gasteiger partial charge in [0.2, 0.25) is 5.91 Å². The summed E-state index contributed by atoms with van der Waals surface area (Å²) in [6.07, 6.45) is 2.64. The van der Waals surface area contributed by atoms with Crippen molar-refractivity contribution in [1.29, 1.82) is 0 Å². The van der Waals surface area contributed by atoms with E-state index in [1.165, 1.54) is 5.56 Å². The maximum absolute atomic E-state index is 12.9. The van der Waals surface area contributed by atoms with Gasteiger partial charge in [0.1, 0.15) is 0 Å². The quantitative estimate of drug-likeness (QED) is 0.669. The second-order valence-electron chi connectivity index (χ2n) is 7.11. The number of hydrogen-bond donors (Lipinski definition) is 0. The predicted molar refractivity (Wildman–Crippen MR) is 108 cm³/mol. The van der Waals surface area contributed by atoms with Crippen molar-refractivity contribution >= 4 is 28.4 Å². The molecule has 0 radical (unpaired) electrons. The topological polar surface area (TPSA) is 36.4 Å². The zero-order valence-electron chi connectivity index (χ0n) is 15.3. The molecule has 0 N–H and O–H groups in total. The van der Waals surface area contributed by atoms with Crippen LogP contribution in [0.1, 0.15) is 17.5 Å². The third kappa shape index (κ3) is 3.82. The molecule has 0 spiro atoms. The van der Waals surface area contributed by atoms with Gasteiger partial charge in [-0.3, -0.25) is 14.7 Å². The van der Waals surface area contributed by atoms with Gasteiger partial charge in [-0.25, -0.2) is 0 Å². The fourth-order valence-corrected chi connectivity index (χ4v) is 4.07. The van der Waals surface area contributed by atoms with Gasteiger partial charge in [0, 0.05) is 36.2 Å². The Morgan fingerprint density at radius 3 is 2.81 bits per heavy atom. The Morgan fingerprint density at radius 2 is 2.00 bits per heavy atom. The summed E-state index contributed by atoms with van der Waals surface area (Å²) in [5.74, 6) is 0.195. The standard InChI is InChI=1S/C22H22ClN3O/c1-25(15-18-13-19(23)12-17-8-5-10-24-21(17)18)20-9-11-26(22(20)27)14-16-6-3-2-4-7-16/h2-8,10,12-13,20H,9,11,14-15H2,1H3. The maximum atomic E-state index is 12.9. The zero-order valence-corrected chi connectivity index (χ0v) is 16.1. The zero-order chi connectivity index (χ0) is 18.8. The number of carbonyl (C=O) groups excluding carboxylic acids is 1. The van der Waals surface area contributed by atoms with E-state index in [1.54, 1.807) is 6.20 Å². The summed E-state index contributed by atoms with van der Waals surface area (Å²) in [6.45, 7) is 2.10. The van der Waals surface area contributed by atoms with E-state index in [0.717, 1.165) is 29.4 Å². The summed E-state index contributed by atoms with van der Waals surface area (Å²) >= 11 is 6.29. The minimum absolute atomic E-state index is 0.105. The molecule has 4 nitrogen and oxygen atoms in total. The molecule has 1 aliphatic rings. The van der Waals surface area contributed by atoms with Crippen molar-refractivity contribution in [2.24, 2.45) is 0 Å². The van der Waals surface area contributed by atoms with Crippen molar-refractivity contribution in [3.63, 3.8) is 0 Å². The lowest BCUT2D eigenvalue weighted by molar-refractivity contribution is -0.132. The molecule has 0 aliphatic carbocycles. The number of aromatic nitrogens is 1. The third-order valence-corrected chi connectivity index (χ3v) is 5.40. The van der Waals surface area contributed by atoms with Gasteiger partial charge in [-0.05, 0) is 42.8 Å². The molecule has 1 amide bonds. The number of amides is 1. The lowest BCUT2D eigenvalue weighted by Crippen LogP contribution is -2.39. The second kappa shape index (κ2) is 7.67. The van der Waals surface area contributed by atoms with Gasteiger partial charge in [-0.15, -0.1) is 0 Å². The highest BCUT2D eigenvalue weighted by molar-refractivity contribution is 6.31. The van der Waals surface area contributed by atoms with Crippen molar-refractivity contribution in [2.45, 2.75) is 25.6 Å². The lowest BCUT2D eigenvalue weighted by atomic mass is 10.1. The fraction of sp³-hybridized carbons (Fsp3) is 0.273. The van der Waals surface area contributed by atoms with Gasteiger partial charge in [-0.1, -0.05) is 48.0 Å². The van der Waals surface area contributed by atoms with Crippen LogP contribution in [0, 0.1) is 0 Å². The van der Waals surface area contributed by atoms with Crippen molar-refractivity contribution in [3.05, 3.63) is 76.9 Å². The third-order valence-electron chi connectivity index (χ3n) is 5.19. The first-order valence-corrected chi connectivity index (χ1v) is 9.56. The van der Waals surface area contributed by atoms with Crippen molar-refractivity contribution < 1.29 is 4.79 Å². The average Bonchev–Trinajstić information content (AvgIpc) is 3.03. The first-order valence-electron chi connectivity index (χ1n) is 9.18. The Bertz CT molecular complexity index is 960. The van der Waals surface area contributed by atoms with Crippen molar-refractivity contribution in [1.82, 2.24) is 14.8 Å². The van der Waals surface area contributed by atoms with Gasteiger partial charge in [0.15, 0.2) is 0 Å². The van der Waals surface area contributed by atoms with Crippen molar-refractivity contribution in [3.8, 4) is 0 Å². The molecule has 1 unspecified atom stereocenters. The molecular formula is C22H22ClN3O. The minimum Gasteiger partial charge on any atom is -0.337 e. The number of pyridine rings is 1. The van der Waals surface area contributed by atoms with Crippen LogP contribution in [-0.4, -0.2) is 40.3 Å². The molecule has 0 saturated carbocycles. The number of likely N-dealkylation sites (N-methyl/N-ethyl adjacent to an activating group) is 1. The molecule has 3 aromatic rings. The van der Waals surface area contributed by atoms with Gasteiger partial charge < -0.3 is 4.90 Å². The van der Waals surface area contributed by atoms with Gasteiger partial charge in [0.25, 0.3) is 0 Å². The van der Waals surface area contributed by atoms with Crippen LogP contribution < -0.4 is 0 Å². The number of halogens is 1. The van der Waals surface area contributed by atoms with E-state index in [1.807, 2.05) is 54.4 Å². The van der Waals surface area contributed by atoms with Gasteiger partial charge in [0.05, 0.1) is 11.6 Å². The minimum atomic E-state index is -0.105. The number of likely N-dealkylation sites (tertiary alicyclic amines) is 1. The van der Waals surface area contributed by atoms with Crippen LogP contribution in [0.25, 0.3) is 10.9 Å². The van der Waals surface area contributed by atoms with Crippen LogP contribution in [0.5, 0.6) is 0 Å². The van der Waals surface area contributed by atoms with E-state index < -0.39 is 0 Å². The Labute approximate surface area is 164 Å². The van der Waals surface area contributed by atoms with Crippen LogP contribution in [0.15, 0.2) is 60.8 Å². The molecule has 138 valence electrons. The average molecular weight is 380 g/mol. The molecule has 1 fully saturated rings. The van der Waals surface area contributed by atoms with Crippen LogP contribution in [0.2, 0.25) is 5.02 Å². The smallest absolute Gasteiger partial charge is 0.240 e. The number of benzene rings is 2. The first-order chi connectivity index (χ1) is 13.1. The fourth-order valence-electron chi connectivity index (χ4n) is 3.82. The molecule has 0 bridgehead atoms. The molecular weight excluding hydrogens is 358 g/mol. The molecule has 1 saturated heterocycles. The molecule has 1 aromatic heterocycles. The number of nitrogens with zero attached hydrogens (tertiary/aromatic N) is 3. The molecule has 4 rings (SSSR count). The molecule has 1 atom stereocenters. The number of rotatable bonds is 5. The van der Waals surface area contributed by atoms with Crippen LogP contribution in [0.3, 0.4) is 0 Å². The lowest BCUT2D eigenvalue weighted by Gasteiger charge is -2.24. The summed E-state index contributed by atoms with van der Waals surface area (Å²) in [5.41, 5.74) is 3.16. The van der Waals surface area contributed by atoms with Crippen molar-refractivity contribution in [2.75, 3.05) is 13.6 Å². The summed E-state index contributed by atoms with van der Waals surface area (Å²) in [7, 11) is 2.00. The highest BCUT2D eigenvalue weighted by Crippen LogP contribution is 2.26. The number of carbonyl (C=O) groups is 1. The SMILES string of the molecule is CN(Cc1cc(Cl)cc2cccnc12)C1CCN(Cc2ccccc2)C1=O. The molecule has 2 heterocycles. The Balaban J connectivity index is 1.49. The van der Waals surface area contributed by atoms with Crippen LogP contribution in [-0.2, 0) is 17.9 Å². The van der Waals surface area contributed by atoms with E-state index >= 15 is 0 Å². The van der Waals surface area contributed by atoms with E-state index in [9.17, 15) is 4.79 Å². The van der Waals surface area contributed by atoms with Crippen LogP contribution in [0.4, 0.5) is 0 Å². The molecule has 1 aliphatic heterocycles. The predicted octanol–water partition coefficient (Wildman–Crippen LogP) is 4.12. The number of hydrogen-bond acceptors (Lipinski definition) is 3. The van der Waals surface area contributed by atoms with Gasteiger partial charge in [-0.2, -0.15) is 0 Å². The van der Waals surface area contributed by atoms with Crippen LogP contribution >= 0.6 is 11.6 Å². The monoisotopic (exact) mass is 379 g/mol. The maximum Gasteiger partial charge on any atom is 0.240 e. The Morgan fingerprint density at radius 1 is 1.19 bits per heavy atom. The highest BCUT2D eigenvalue weighted by atomic mass is 35.5. The molecule has 5 heteroatoms. The summed E-state index contributed by atoms with van der Waals surface area (Å²) < 4.78 is 0. The molecule has 27 heavy (non-hydrogen) atoms. The normalized spacial score (nSPS) is 17.2. The summed E-state index contributed by atoms with van der Waals surface area (Å²) in [4.78, 5) is 21.5. The summed E-state index contributed by atoms with van der Waals surface area (Å²) in [6, 6.07) is 17.8. The largest absolute Gasteiger partial charge is 0.337 e.